The zero-order valence-corrected chi connectivity index (χ0v) is 10.8. The molecule has 3 unspecified atom stereocenters. The number of ether oxygens (including phenoxy) is 1. The van der Waals surface area contributed by atoms with Crippen molar-refractivity contribution in [3.63, 3.8) is 0 Å². The number of carbonyl (C=O) groups excluding carboxylic acids is 1. The molecule has 4 rings (SSSR count). The summed E-state index contributed by atoms with van der Waals surface area (Å²) in [7, 11) is 0. The molecule has 2 fully saturated rings. The van der Waals surface area contributed by atoms with Gasteiger partial charge in [0.2, 0.25) is 0 Å². The van der Waals surface area contributed by atoms with Gasteiger partial charge in [0, 0.05) is 17.8 Å². The normalized spacial score (nSPS) is 48.4. The lowest BCUT2D eigenvalue weighted by molar-refractivity contribution is -0.133. The monoisotopic (exact) mass is 246 g/mol. The van der Waals surface area contributed by atoms with Gasteiger partial charge in [0.1, 0.15) is 5.76 Å². The van der Waals surface area contributed by atoms with E-state index in [9.17, 15) is 9.90 Å². The molecule has 4 aliphatic rings. The number of rotatable bonds is 1. The van der Waals surface area contributed by atoms with Gasteiger partial charge in [0.25, 0.3) is 0 Å². The molecule has 0 aromatic heterocycles. The Kier molecular flexibility index (Phi) is 1.85. The van der Waals surface area contributed by atoms with Crippen LogP contribution in [0.1, 0.15) is 26.7 Å². The highest BCUT2D eigenvalue weighted by atomic mass is 16.5. The average molecular weight is 246 g/mol. The van der Waals surface area contributed by atoms with Crippen LogP contribution in [-0.4, -0.2) is 17.7 Å². The third kappa shape index (κ3) is 1.07. The van der Waals surface area contributed by atoms with Crippen LogP contribution in [0, 0.1) is 29.1 Å². The van der Waals surface area contributed by atoms with Crippen LogP contribution in [0.15, 0.2) is 23.0 Å². The third-order valence-corrected chi connectivity index (χ3v) is 5.84. The second kappa shape index (κ2) is 3.08. The predicted octanol–water partition coefficient (Wildman–Crippen LogP) is 2.03. The Morgan fingerprint density at radius 2 is 2.28 bits per heavy atom. The minimum Gasteiger partial charge on any atom is -0.423 e. The van der Waals surface area contributed by atoms with Crippen molar-refractivity contribution >= 4 is 5.97 Å². The van der Waals surface area contributed by atoms with E-state index in [0.717, 1.165) is 23.3 Å². The lowest BCUT2D eigenvalue weighted by atomic mass is 9.66. The SMILES string of the molecule is CC1=C2C[C@H]3C(CO)C4CC4[C@]3(C)C=C2OC1=O. The summed E-state index contributed by atoms with van der Waals surface area (Å²) < 4.78 is 5.37. The molecule has 0 aromatic carbocycles. The fourth-order valence-electron chi connectivity index (χ4n) is 4.70. The van der Waals surface area contributed by atoms with Crippen LogP contribution in [0.3, 0.4) is 0 Å². The zero-order valence-electron chi connectivity index (χ0n) is 10.8. The van der Waals surface area contributed by atoms with Crippen molar-refractivity contribution in [2.45, 2.75) is 26.7 Å². The highest BCUT2D eigenvalue weighted by molar-refractivity contribution is 5.94. The average Bonchev–Trinajstić information content (AvgIpc) is 3.03. The second-order valence-corrected chi connectivity index (χ2v) is 6.53. The second-order valence-electron chi connectivity index (χ2n) is 6.53. The topological polar surface area (TPSA) is 46.5 Å². The van der Waals surface area contributed by atoms with Crippen molar-refractivity contribution < 1.29 is 14.6 Å². The molecule has 0 aromatic rings. The Labute approximate surface area is 107 Å². The van der Waals surface area contributed by atoms with Crippen LogP contribution in [0.4, 0.5) is 0 Å². The van der Waals surface area contributed by atoms with E-state index < -0.39 is 0 Å². The molecule has 0 spiro atoms. The van der Waals surface area contributed by atoms with Gasteiger partial charge in [-0.2, -0.15) is 0 Å². The molecular formula is C15H18O3. The van der Waals surface area contributed by atoms with Crippen molar-refractivity contribution in [3.05, 3.63) is 23.0 Å². The molecule has 3 aliphatic carbocycles. The van der Waals surface area contributed by atoms with Crippen LogP contribution in [0.25, 0.3) is 0 Å². The fraction of sp³-hybridized carbons (Fsp3) is 0.667. The van der Waals surface area contributed by atoms with Gasteiger partial charge < -0.3 is 9.84 Å². The van der Waals surface area contributed by atoms with Crippen molar-refractivity contribution in [1.82, 2.24) is 0 Å². The van der Waals surface area contributed by atoms with Crippen LogP contribution in [0.5, 0.6) is 0 Å². The standard InChI is InChI=1S/C15H18O3/c1-7-8-3-12-10(6-16)9-4-11(9)15(12,2)5-13(8)18-14(7)17/h5,9-12,16H,3-4,6H2,1-2H3/t9?,10?,11?,12-,15-/m0/s1. The maximum atomic E-state index is 11.6. The zero-order chi connectivity index (χ0) is 12.7. The summed E-state index contributed by atoms with van der Waals surface area (Å²) in [5.41, 5.74) is 1.98. The molecule has 3 heteroatoms. The lowest BCUT2D eigenvalue weighted by Crippen LogP contribution is -2.33. The van der Waals surface area contributed by atoms with E-state index in [-0.39, 0.29) is 18.0 Å². The highest BCUT2D eigenvalue weighted by Crippen LogP contribution is 2.71. The van der Waals surface area contributed by atoms with E-state index in [2.05, 4.69) is 13.0 Å². The van der Waals surface area contributed by atoms with Crippen LogP contribution >= 0.6 is 0 Å². The number of aliphatic hydroxyl groups is 1. The number of allylic oxidation sites excluding steroid dienone is 2. The number of hydrogen-bond acceptors (Lipinski definition) is 3. The van der Waals surface area contributed by atoms with Crippen molar-refractivity contribution in [3.8, 4) is 0 Å². The third-order valence-electron chi connectivity index (χ3n) is 5.84. The molecule has 96 valence electrons. The van der Waals surface area contributed by atoms with Gasteiger partial charge in [-0.3, -0.25) is 0 Å². The van der Waals surface area contributed by atoms with E-state index in [1.165, 1.54) is 6.42 Å². The first-order chi connectivity index (χ1) is 8.56. The summed E-state index contributed by atoms with van der Waals surface area (Å²) in [5.74, 6) is 2.89. The molecule has 0 bridgehead atoms. The molecule has 1 aliphatic heterocycles. The van der Waals surface area contributed by atoms with Crippen LogP contribution < -0.4 is 0 Å². The van der Waals surface area contributed by atoms with Crippen molar-refractivity contribution in [1.29, 1.82) is 0 Å². The van der Waals surface area contributed by atoms with E-state index in [4.69, 9.17) is 4.74 Å². The molecular weight excluding hydrogens is 228 g/mol. The van der Waals surface area contributed by atoms with Crippen molar-refractivity contribution in [2.24, 2.45) is 29.1 Å². The molecule has 0 radical (unpaired) electrons. The largest absolute Gasteiger partial charge is 0.423 e. The Balaban J connectivity index is 1.82. The van der Waals surface area contributed by atoms with E-state index >= 15 is 0 Å². The van der Waals surface area contributed by atoms with Crippen LogP contribution in [0.2, 0.25) is 0 Å². The molecule has 0 amide bonds. The quantitative estimate of drug-likeness (QED) is 0.720. The van der Waals surface area contributed by atoms with Gasteiger partial charge in [-0.25, -0.2) is 4.79 Å². The number of aliphatic hydroxyl groups excluding tert-OH is 1. The van der Waals surface area contributed by atoms with Gasteiger partial charge in [-0.1, -0.05) is 6.92 Å². The first-order valence-electron chi connectivity index (χ1n) is 6.82. The Morgan fingerprint density at radius 1 is 1.50 bits per heavy atom. The minimum atomic E-state index is -0.187. The summed E-state index contributed by atoms with van der Waals surface area (Å²) in [6, 6.07) is 0. The Bertz CT molecular complexity index is 516. The number of esters is 1. The van der Waals surface area contributed by atoms with E-state index in [0.29, 0.717) is 23.7 Å². The molecule has 1 heterocycles. The fourth-order valence-corrected chi connectivity index (χ4v) is 4.70. The van der Waals surface area contributed by atoms with Gasteiger partial charge in [-0.15, -0.1) is 0 Å². The summed E-state index contributed by atoms with van der Waals surface area (Å²) >= 11 is 0. The number of fused-ring (bicyclic) bond motifs is 4. The Hall–Kier alpha value is -1.09. The van der Waals surface area contributed by atoms with Gasteiger partial charge >= 0.3 is 5.97 Å². The maximum Gasteiger partial charge on any atom is 0.339 e. The predicted molar refractivity (Wildman–Crippen MR) is 65.3 cm³/mol. The van der Waals surface area contributed by atoms with Crippen LogP contribution in [-0.2, 0) is 9.53 Å². The smallest absolute Gasteiger partial charge is 0.339 e. The Morgan fingerprint density at radius 3 is 3.00 bits per heavy atom. The molecule has 2 saturated carbocycles. The minimum absolute atomic E-state index is 0.127. The molecule has 3 nitrogen and oxygen atoms in total. The lowest BCUT2D eigenvalue weighted by Gasteiger charge is -2.38. The highest BCUT2D eigenvalue weighted by Gasteiger charge is 2.66. The summed E-state index contributed by atoms with van der Waals surface area (Å²) in [6.45, 7) is 4.42. The summed E-state index contributed by atoms with van der Waals surface area (Å²) in [4.78, 5) is 11.6. The molecule has 18 heavy (non-hydrogen) atoms. The van der Waals surface area contributed by atoms with E-state index in [1.54, 1.807) is 0 Å². The number of carbonyl (C=O) groups is 1. The maximum absolute atomic E-state index is 11.6. The van der Waals surface area contributed by atoms with E-state index in [1.807, 2.05) is 6.92 Å². The van der Waals surface area contributed by atoms with Gasteiger partial charge in [-0.05, 0) is 54.9 Å². The first-order valence-corrected chi connectivity index (χ1v) is 6.82. The summed E-state index contributed by atoms with van der Waals surface area (Å²) in [6.07, 6.45) is 4.32. The molecule has 0 saturated heterocycles. The van der Waals surface area contributed by atoms with Gasteiger partial charge in [0.15, 0.2) is 0 Å². The van der Waals surface area contributed by atoms with Gasteiger partial charge in [0.05, 0.1) is 0 Å². The van der Waals surface area contributed by atoms with Crippen molar-refractivity contribution in [2.75, 3.05) is 6.61 Å². The first kappa shape index (κ1) is 10.8. The molecule has 5 atom stereocenters. The summed E-state index contributed by atoms with van der Waals surface area (Å²) in [5, 5.41) is 9.64. The number of hydrogen-bond donors (Lipinski definition) is 1. The molecule has 1 N–H and O–H groups in total.